The van der Waals surface area contributed by atoms with Crippen LogP contribution in [0.3, 0.4) is 0 Å². The molecule has 144 valence electrons. The average molecular weight is 398 g/mol. The molecule has 2 heterocycles. The molecule has 2 aromatic carbocycles. The Morgan fingerprint density at radius 3 is 2.43 bits per heavy atom. The van der Waals surface area contributed by atoms with Crippen molar-refractivity contribution in [3.8, 4) is 11.4 Å². The third-order valence-electron chi connectivity index (χ3n) is 4.19. The van der Waals surface area contributed by atoms with Crippen molar-refractivity contribution < 1.29 is 17.6 Å². The van der Waals surface area contributed by atoms with Crippen molar-refractivity contribution in [3.63, 3.8) is 0 Å². The first-order valence-electron chi connectivity index (χ1n) is 8.51. The monoisotopic (exact) mass is 398 g/mol. The lowest BCUT2D eigenvalue weighted by Gasteiger charge is -2.15. The lowest BCUT2D eigenvalue weighted by molar-refractivity contribution is 0.397. The van der Waals surface area contributed by atoms with Gasteiger partial charge in [0.05, 0.1) is 19.9 Å². The normalized spacial score (nSPS) is 11.8. The van der Waals surface area contributed by atoms with Crippen LogP contribution in [0.5, 0.6) is 5.75 Å². The lowest BCUT2D eigenvalue weighted by atomic mass is 10.2. The zero-order valence-corrected chi connectivity index (χ0v) is 16.1. The van der Waals surface area contributed by atoms with Crippen LogP contribution in [0, 0.1) is 6.92 Å². The van der Waals surface area contributed by atoms with Gasteiger partial charge in [-0.15, -0.1) is 15.0 Å². The molecule has 0 bridgehead atoms. The molecule has 0 aliphatic rings. The van der Waals surface area contributed by atoms with Gasteiger partial charge >= 0.3 is 0 Å². The van der Waals surface area contributed by atoms with Gasteiger partial charge in [-0.25, -0.2) is 13.1 Å². The molecule has 0 saturated heterocycles. The summed E-state index contributed by atoms with van der Waals surface area (Å²) < 4.78 is 39.0. The van der Waals surface area contributed by atoms with Gasteiger partial charge in [-0.1, -0.05) is 12.1 Å². The molecular weight excluding hydrogens is 380 g/mol. The Hall–Kier alpha value is -3.17. The number of aryl methyl sites for hydroxylation is 1. The highest BCUT2D eigenvalue weighted by atomic mass is 32.2. The topological polar surface area (TPSA) is 99.2 Å². The van der Waals surface area contributed by atoms with Crippen molar-refractivity contribution in [1.29, 1.82) is 0 Å². The summed E-state index contributed by atoms with van der Waals surface area (Å²) in [6.45, 7) is 1.84. The summed E-state index contributed by atoms with van der Waals surface area (Å²) in [7, 11) is -2.45. The van der Waals surface area contributed by atoms with Crippen LogP contribution in [-0.2, 0) is 16.6 Å². The highest BCUT2D eigenvalue weighted by molar-refractivity contribution is 7.89. The molecule has 1 N–H and O–H groups in total. The van der Waals surface area contributed by atoms with E-state index in [0.29, 0.717) is 22.5 Å². The van der Waals surface area contributed by atoms with Crippen molar-refractivity contribution in [2.45, 2.75) is 18.4 Å². The number of ether oxygens (including phenoxy) is 1. The first-order chi connectivity index (χ1) is 13.5. The predicted octanol–water partition coefficient (Wildman–Crippen LogP) is 2.81. The number of aromatic nitrogens is 3. The maximum absolute atomic E-state index is 12.9. The number of benzene rings is 2. The number of fused-ring (bicyclic) bond motifs is 1. The average Bonchev–Trinajstić information content (AvgIpc) is 3.35. The van der Waals surface area contributed by atoms with Crippen LogP contribution >= 0.6 is 0 Å². The van der Waals surface area contributed by atoms with Crippen LogP contribution in [0.25, 0.3) is 16.7 Å². The number of furan rings is 1. The van der Waals surface area contributed by atoms with Gasteiger partial charge < -0.3 is 9.15 Å². The summed E-state index contributed by atoms with van der Waals surface area (Å²) in [4.78, 5) is 1.40. The fraction of sp³-hybridized carbons (Fsp3) is 0.158. The zero-order chi connectivity index (χ0) is 19.7. The molecular formula is C19H18N4O4S. The van der Waals surface area contributed by atoms with Gasteiger partial charge in [-0.2, -0.15) is 0 Å². The molecule has 8 nitrogen and oxygen atoms in total. The molecule has 4 rings (SSSR count). The maximum Gasteiger partial charge on any atom is 0.244 e. The summed E-state index contributed by atoms with van der Waals surface area (Å²) in [6, 6.07) is 14.1. The Balaban J connectivity index is 1.80. The lowest BCUT2D eigenvalue weighted by Crippen LogP contribution is -2.24. The number of methoxy groups -OCH3 is 1. The van der Waals surface area contributed by atoms with Crippen molar-refractivity contribution in [1.82, 2.24) is 19.7 Å². The van der Waals surface area contributed by atoms with Gasteiger partial charge in [0.15, 0.2) is 5.75 Å². The molecule has 0 aliphatic carbocycles. The van der Waals surface area contributed by atoms with Crippen molar-refractivity contribution in [3.05, 3.63) is 66.1 Å². The molecule has 0 aliphatic heterocycles. The van der Waals surface area contributed by atoms with Gasteiger partial charge in [0.25, 0.3) is 0 Å². The van der Waals surface area contributed by atoms with E-state index < -0.39 is 10.0 Å². The molecule has 2 aromatic heterocycles. The third kappa shape index (κ3) is 3.37. The molecule has 0 spiro atoms. The van der Waals surface area contributed by atoms with Crippen LogP contribution in [0.2, 0.25) is 0 Å². The van der Waals surface area contributed by atoms with E-state index in [1.807, 2.05) is 24.3 Å². The van der Waals surface area contributed by atoms with Crippen molar-refractivity contribution in [2.24, 2.45) is 0 Å². The second-order valence-corrected chi connectivity index (χ2v) is 7.93. The first-order valence-corrected chi connectivity index (χ1v) is 9.99. The van der Waals surface area contributed by atoms with Crippen LogP contribution in [0.4, 0.5) is 0 Å². The van der Waals surface area contributed by atoms with Gasteiger partial charge in [-0.05, 0) is 48.9 Å². The minimum absolute atomic E-state index is 0.0120. The van der Waals surface area contributed by atoms with Gasteiger partial charge in [0.1, 0.15) is 27.4 Å². The summed E-state index contributed by atoms with van der Waals surface area (Å²) >= 11 is 0. The highest BCUT2D eigenvalue weighted by Crippen LogP contribution is 2.32. The molecule has 0 radical (unpaired) electrons. The molecule has 0 saturated carbocycles. The highest BCUT2D eigenvalue weighted by Gasteiger charge is 2.24. The zero-order valence-electron chi connectivity index (χ0n) is 15.3. The molecule has 0 amide bonds. The molecule has 9 heteroatoms. The Kier molecular flexibility index (Phi) is 4.62. The second kappa shape index (κ2) is 7.10. The smallest absolute Gasteiger partial charge is 0.244 e. The summed E-state index contributed by atoms with van der Waals surface area (Å²) in [5, 5.41) is 8.88. The van der Waals surface area contributed by atoms with Crippen LogP contribution in [0.1, 0.15) is 11.3 Å². The third-order valence-corrected chi connectivity index (χ3v) is 5.60. The predicted molar refractivity (Wildman–Crippen MR) is 103 cm³/mol. The Bertz CT molecular complexity index is 1200. The number of hydrogen-bond donors (Lipinski definition) is 1. The minimum atomic E-state index is -3.87. The number of nitrogens with zero attached hydrogens (tertiary/aromatic N) is 3. The minimum Gasteiger partial charge on any atom is -0.493 e. The summed E-state index contributed by atoms with van der Waals surface area (Å²) in [6.07, 6.45) is 1.49. The van der Waals surface area contributed by atoms with Gasteiger partial charge in [0, 0.05) is 0 Å². The maximum atomic E-state index is 12.9. The van der Waals surface area contributed by atoms with E-state index >= 15 is 0 Å². The van der Waals surface area contributed by atoms with Gasteiger partial charge in [0.2, 0.25) is 10.0 Å². The summed E-state index contributed by atoms with van der Waals surface area (Å²) in [5.41, 5.74) is 2.57. The standard InChI is InChI=1S/C19H18N4O4S/c1-13-10-17(23-21-15-7-3-4-8-16(15)22-23)19(26-2)18(11-13)28(24,25)20-12-14-6-5-9-27-14/h3-11,20H,12H2,1-2H3. The second-order valence-electron chi connectivity index (χ2n) is 6.20. The van der Waals surface area contributed by atoms with E-state index in [1.54, 1.807) is 31.2 Å². The van der Waals surface area contributed by atoms with Crippen LogP contribution in [-0.4, -0.2) is 30.5 Å². The molecule has 28 heavy (non-hydrogen) atoms. The van der Waals surface area contributed by atoms with E-state index in [9.17, 15) is 8.42 Å². The quantitative estimate of drug-likeness (QED) is 0.536. The van der Waals surface area contributed by atoms with E-state index in [4.69, 9.17) is 9.15 Å². The fourth-order valence-electron chi connectivity index (χ4n) is 2.90. The molecule has 0 unspecified atom stereocenters. The number of hydrogen-bond acceptors (Lipinski definition) is 6. The summed E-state index contributed by atoms with van der Waals surface area (Å²) in [5.74, 6) is 0.674. The van der Waals surface area contributed by atoms with E-state index in [0.717, 1.165) is 5.56 Å². The van der Waals surface area contributed by atoms with Crippen LogP contribution < -0.4 is 9.46 Å². The largest absolute Gasteiger partial charge is 0.493 e. The van der Waals surface area contributed by atoms with Crippen molar-refractivity contribution >= 4 is 21.1 Å². The van der Waals surface area contributed by atoms with E-state index in [-0.39, 0.29) is 17.2 Å². The van der Waals surface area contributed by atoms with Crippen LogP contribution in [0.15, 0.2) is 64.1 Å². The fourth-order valence-corrected chi connectivity index (χ4v) is 4.16. The molecule has 0 atom stereocenters. The number of rotatable bonds is 6. The number of sulfonamides is 1. The molecule has 0 fully saturated rings. The Morgan fingerprint density at radius 1 is 1.11 bits per heavy atom. The molecule has 4 aromatic rings. The van der Waals surface area contributed by atoms with E-state index in [2.05, 4.69) is 14.9 Å². The SMILES string of the molecule is COc1c(-n2nc3ccccc3n2)cc(C)cc1S(=O)(=O)NCc1ccco1. The Labute approximate surface area is 161 Å². The Morgan fingerprint density at radius 2 is 1.82 bits per heavy atom. The van der Waals surface area contributed by atoms with Crippen molar-refractivity contribution in [2.75, 3.05) is 7.11 Å². The first kappa shape index (κ1) is 18.2. The van der Waals surface area contributed by atoms with E-state index in [1.165, 1.54) is 18.2 Å². The van der Waals surface area contributed by atoms with Gasteiger partial charge in [-0.3, -0.25) is 0 Å². The number of nitrogens with one attached hydrogen (secondary N) is 1.